The van der Waals surface area contributed by atoms with Crippen molar-refractivity contribution < 1.29 is 0 Å². The third-order valence-electron chi connectivity index (χ3n) is 4.00. The third kappa shape index (κ3) is 1.77. The SMILES string of the molecule is Cc1c(C2=CCCNCC2)c2ccccc2n1C. The van der Waals surface area contributed by atoms with Crippen molar-refractivity contribution in [3.05, 3.63) is 41.6 Å². The largest absolute Gasteiger partial charge is 0.347 e. The first-order valence-corrected chi connectivity index (χ1v) is 6.73. The summed E-state index contributed by atoms with van der Waals surface area (Å²) in [6.07, 6.45) is 4.68. The molecule has 0 amide bonds. The van der Waals surface area contributed by atoms with E-state index in [1.165, 1.54) is 27.7 Å². The van der Waals surface area contributed by atoms with Gasteiger partial charge in [0.25, 0.3) is 0 Å². The average Bonchev–Trinajstić information content (AvgIpc) is 2.61. The van der Waals surface area contributed by atoms with Gasteiger partial charge in [-0.15, -0.1) is 0 Å². The summed E-state index contributed by atoms with van der Waals surface area (Å²) < 4.78 is 2.31. The van der Waals surface area contributed by atoms with Crippen LogP contribution >= 0.6 is 0 Å². The van der Waals surface area contributed by atoms with E-state index in [0.717, 1.165) is 25.9 Å². The molecule has 1 aromatic heterocycles. The van der Waals surface area contributed by atoms with E-state index in [4.69, 9.17) is 0 Å². The quantitative estimate of drug-likeness (QED) is 0.809. The lowest BCUT2D eigenvalue weighted by Crippen LogP contribution is -2.13. The number of nitrogens with zero attached hydrogens (tertiary/aromatic N) is 1. The van der Waals surface area contributed by atoms with Gasteiger partial charge in [-0.3, -0.25) is 0 Å². The topological polar surface area (TPSA) is 17.0 Å². The second-order valence-corrected chi connectivity index (χ2v) is 5.05. The number of aryl methyl sites for hydroxylation is 1. The molecule has 18 heavy (non-hydrogen) atoms. The van der Waals surface area contributed by atoms with Gasteiger partial charge in [-0.25, -0.2) is 0 Å². The standard InChI is InChI=1S/C16H20N2/c1-12-16(13-6-5-10-17-11-9-13)14-7-3-4-8-15(14)18(12)2/h3-4,6-8,17H,5,9-11H2,1-2H3. The van der Waals surface area contributed by atoms with Gasteiger partial charge in [0.05, 0.1) is 0 Å². The van der Waals surface area contributed by atoms with E-state index in [0.29, 0.717) is 0 Å². The van der Waals surface area contributed by atoms with Crippen LogP contribution in [0.1, 0.15) is 24.1 Å². The van der Waals surface area contributed by atoms with E-state index in [9.17, 15) is 0 Å². The molecule has 2 heterocycles. The Kier molecular flexibility index (Phi) is 2.96. The molecule has 0 saturated carbocycles. The van der Waals surface area contributed by atoms with Gasteiger partial charge < -0.3 is 9.88 Å². The first-order chi connectivity index (χ1) is 8.79. The molecule has 0 spiro atoms. The lowest BCUT2D eigenvalue weighted by Gasteiger charge is -2.06. The Morgan fingerprint density at radius 3 is 2.89 bits per heavy atom. The molecule has 0 bridgehead atoms. The number of fused-ring (bicyclic) bond motifs is 1. The molecule has 1 aliphatic rings. The van der Waals surface area contributed by atoms with Gasteiger partial charge in [-0.2, -0.15) is 0 Å². The minimum atomic E-state index is 1.09. The van der Waals surface area contributed by atoms with E-state index in [1.807, 2.05) is 0 Å². The van der Waals surface area contributed by atoms with Crippen LogP contribution in [0.4, 0.5) is 0 Å². The van der Waals surface area contributed by atoms with Crippen molar-refractivity contribution in [2.24, 2.45) is 7.05 Å². The Hall–Kier alpha value is -1.54. The van der Waals surface area contributed by atoms with E-state index >= 15 is 0 Å². The van der Waals surface area contributed by atoms with Crippen molar-refractivity contribution in [3.8, 4) is 0 Å². The van der Waals surface area contributed by atoms with Gasteiger partial charge >= 0.3 is 0 Å². The fourth-order valence-corrected chi connectivity index (χ4v) is 2.95. The minimum absolute atomic E-state index is 1.09. The highest BCUT2D eigenvalue weighted by Gasteiger charge is 2.15. The summed E-state index contributed by atoms with van der Waals surface area (Å²) in [5, 5.41) is 4.86. The van der Waals surface area contributed by atoms with Crippen LogP contribution in [0.5, 0.6) is 0 Å². The molecule has 0 atom stereocenters. The number of benzene rings is 1. The molecule has 94 valence electrons. The highest BCUT2D eigenvalue weighted by Crippen LogP contribution is 2.32. The lowest BCUT2D eigenvalue weighted by molar-refractivity contribution is 0.718. The number of nitrogens with one attached hydrogen (secondary N) is 1. The molecular weight excluding hydrogens is 220 g/mol. The molecule has 0 aliphatic carbocycles. The summed E-state index contributed by atoms with van der Waals surface area (Å²) in [6, 6.07) is 8.72. The summed E-state index contributed by atoms with van der Waals surface area (Å²) in [5.74, 6) is 0. The number of rotatable bonds is 1. The number of para-hydroxylation sites is 1. The van der Waals surface area contributed by atoms with Crippen molar-refractivity contribution in [2.75, 3.05) is 13.1 Å². The highest BCUT2D eigenvalue weighted by molar-refractivity contribution is 5.94. The molecule has 0 fully saturated rings. The fourth-order valence-electron chi connectivity index (χ4n) is 2.95. The molecule has 1 aromatic carbocycles. The predicted molar refractivity (Wildman–Crippen MR) is 77.7 cm³/mol. The van der Waals surface area contributed by atoms with Gasteiger partial charge in [0.1, 0.15) is 0 Å². The average molecular weight is 240 g/mol. The molecule has 2 nitrogen and oxygen atoms in total. The van der Waals surface area contributed by atoms with Crippen LogP contribution in [0.15, 0.2) is 30.3 Å². The van der Waals surface area contributed by atoms with Crippen molar-refractivity contribution in [1.82, 2.24) is 9.88 Å². The van der Waals surface area contributed by atoms with E-state index in [1.54, 1.807) is 0 Å². The Balaban J connectivity index is 2.22. The van der Waals surface area contributed by atoms with E-state index in [2.05, 4.69) is 54.2 Å². The molecule has 1 N–H and O–H groups in total. The monoisotopic (exact) mass is 240 g/mol. The first kappa shape index (κ1) is 11.5. The second kappa shape index (κ2) is 4.62. The molecule has 2 aromatic rings. The van der Waals surface area contributed by atoms with Crippen molar-refractivity contribution in [1.29, 1.82) is 0 Å². The summed E-state index contributed by atoms with van der Waals surface area (Å²) in [4.78, 5) is 0. The molecule has 0 saturated heterocycles. The summed E-state index contributed by atoms with van der Waals surface area (Å²) >= 11 is 0. The molecule has 0 radical (unpaired) electrons. The number of hydrogen-bond acceptors (Lipinski definition) is 1. The number of aromatic nitrogens is 1. The predicted octanol–water partition coefficient (Wildman–Crippen LogP) is 3.25. The van der Waals surface area contributed by atoms with Crippen LogP contribution < -0.4 is 5.32 Å². The van der Waals surface area contributed by atoms with Crippen LogP contribution in [0.3, 0.4) is 0 Å². The van der Waals surface area contributed by atoms with Gasteiger partial charge in [0.15, 0.2) is 0 Å². The van der Waals surface area contributed by atoms with Gasteiger partial charge in [0, 0.05) is 29.2 Å². The van der Waals surface area contributed by atoms with Gasteiger partial charge in [-0.05, 0) is 44.5 Å². The smallest absolute Gasteiger partial charge is 0.0486 e. The Bertz CT molecular complexity index is 605. The van der Waals surface area contributed by atoms with Crippen LogP contribution in [0, 0.1) is 6.92 Å². The molecule has 2 heteroatoms. The molecule has 1 aliphatic heterocycles. The summed E-state index contributed by atoms with van der Waals surface area (Å²) in [7, 11) is 2.16. The van der Waals surface area contributed by atoms with Crippen LogP contribution in [0.25, 0.3) is 16.5 Å². The second-order valence-electron chi connectivity index (χ2n) is 5.05. The maximum absolute atomic E-state index is 3.46. The zero-order chi connectivity index (χ0) is 12.5. The van der Waals surface area contributed by atoms with Crippen molar-refractivity contribution in [3.63, 3.8) is 0 Å². The zero-order valence-corrected chi connectivity index (χ0v) is 11.2. The maximum Gasteiger partial charge on any atom is 0.0486 e. The molecule has 0 unspecified atom stereocenters. The first-order valence-electron chi connectivity index (χ1n) is 6.73. The lowest BCUT2D eigenvalue weighted by atomic mass is 9.99. The Morgan fingerprint density at radius 2 is 2.00 bits per heavy atom. The number of hydrogen-bond donors (Lipinski definition) is 1. The van der Waals surface area contributed by atoms with Crippen molar-refractivity contribution in [2.45, 2.75) is 19.8 Å². The summed E-state index contributed by atoms with van der Waals surface area (Å²) in [6.45, 7) is 4.43. The Labute approximate surface area is 108 Å². The highest BCUT2D eigenvalue weighted by atomic mass is 14.9. The zero-order valence-electron chi connectivity index (χ0n) is 11.2. The van der Waals surface area contributed by atoms with E-state index < -0.39 is 0 Å². The van der Waals surface area contributed by atoms with E-state index in [-0.39, 0.29) is 0 Å². The molecule has 3 rings (SSSR count). The fraction of sp³-hybridized carbons (Fsp3) is 0.375. The molecular formula is C16H20N2. The minimum Gasteiger partial charge on any atom is -0.347 e. The van der Waals surface area contributed by atoms with Crippen LogP contribution in [0.2, 0.25) is 0 Å². The maximum atomic E-state index is 3.46. The van der Waals surface area contributed by atoms with Crippen LogP contribution in [-0.4, -0.2) is 17.7 Å². The van der Waals surface area contributed by atoms with Gasteiger partial charge in [-0.1, -0.05) is 24.3 Å². The van der Waals surface area contributed by atoms with Crippen molar-refractivity contribution >= 4 is 16.5 Å². The normalized spacial score (nSPS) is 16.7. The van der Waals surface area contributed by atoms with Gasteiger partial charge in [0.2, 0.25) is 0 Å². The summed E-state index contributed by atoms with van der Waals surface area (Å²) in [5.41, 5.74) is 5.68. The third-order valence-corrected chi connectivity index (χ3v) is 4.00. The Morgan fingerprint density at radius 1 is 1.17 bits per heavy atom. The van der Waals surface area contributed by atoms with Crippen LogP contribution in [-0.2, 0) is 7.05 Å².